The van der Waals surface area contributed by atoms with Gasteiger partial charge in [0.05, 0.1) is 17.8 Å². The first-order valence-electron chi connectivity index (χ1n) is 5.96. The van der Waals surface area contributed by atoms with Crippen LogP contribution in [0.4, 0.5) is 5.69 Å². The van der Waals surface area contributed by atoms with Crippen LogP contribution < -0.4 is 11.1 Å². The van der Waals surface area contributed by atoms with Crippen molar-refractivity contribution < 1.29 is 4.79 Å². The fourth-order valence-corrected chi connectivity index (χ4v) is 2.09. The number of para-hydroxylation sites is 1. The molecule has 94 valence electrons. The second-order valence-electron chi connectivity index (χ2n) is 4.49. The van der Waals surface area contributed by atoms with Crippen LogP contribution in [-0.2, 0) is 4.79 Å². The van der Waals surface area contributed by atoms with E-state index in [-0.39, 0.29) is 11.9 Å². The number of carbonyl (C=O) groups is 1. The lowest BCUT2D eigenvalue weighted by molar-refractivity contribution is -0.117. The Kier molecular flexibility index (Phi) is 3.92. The minimum absolute atomic E-state index is 0.105. The number of benzene rings is 1. The van der Waals surface area contributed by atoms with Gasteiger partial charge in [-0.2, -0.15) is 5.26 Å². The van der Waals surface area contributed by atoms with Gasteiger partial charge in [-0.05, 0) is 18.6 Å². The van der Waals surface area contributed by atoms with Gasteiger partial charge in [-0.1, -0.05) is 12.1 Å². The van der Waals surface area contributed by atoms with Gasteiger partial charge in [0.2, 0.25) is 5.91 Å². The van der Waals surface area contributed by atoms with Gasteiger partial charge < -0.3 is 11.1 Å². The van der Waals surface area contributed by atoms with Crippen molar-refractivity contribution >= 4 is 11.6 Å². The molecule has 0 spiro atoms. The molecule has 1 unspecified atom stereocenters. The van der Waals surface area contributed by atoms with E-state index in [9.17, 15) is 4.79 Å². The van der Waals surface area contributed by atoms with Crippen molar-refractivity contribution in [2.24, 2.45) is 5.73 Å². The average molecular weight is 244 g/mol. The van der Waals surface area contributed by atoms with E-state index in [2.05, 4.69) is 11.4 Å². The van der Waals surface area contributed by atoms with Crippen LogP contribution in [0.1, 0.15) is 12.0 Å². The maximum absolute atomic E-state index is 11.8. The van der Waals surface area contributed by atoms with Crippen LogP contribution in [0.3, 0.4) is 0 Å². The summed E-state index contributed by atoms with van der Waals surface area (Å²) in [6.07, 6.45) is 0.933. The van der Waals surface area contributed by atoms with Gasteiger partial charge in [-0.15, -0.1) is 0 Å². The third-order valence-corrected chi connectivity index (χ3v) is 3.00. The van der Waals surface area contributed by atoms with E-state index in [4.69, 9.17) is 11.0 Å². The molecule has 0 bridgehead atoms. The van der Waals surface area contributed by atoms with Crippen LogP contribution in [0, 0.1) is 11.3 Å². The van der Waals surface area contributed by atoms with Gasteiger partial charge in [0.25, 0.3) is 0 Å². The molecule has 0 aliphatic carbocycles. The maximum Gasteiger partial charge on any atom is 0.238 e. The lowest BCUT2D eigenvalue weighted by Gasteiger charge is -2.15. The summed E-state index contributed by atoms with van der Waals surface area (Å²) < 4.78 is 0. The molecule has 1 fully saturated rings. The molecule has 18 heavy (non-hydrogen) atoms. The van der Waals surface area contributed by atoms with Gasteiger partial charge in [0.15, 0.2) is 0 Å². The first-order chi connectivity index (χ1) is 8.69. The number of nitrogens with one attached hydrogen (secondary N) is 1. The molecule has 0 radical (unpaired) electrons. The number of hydrogen-bond donors (Lipinski definition) is 2. The highest BCUT2D eigenvalue weighted by atomic mass is 16.2. The Morgan fingerprint density at radius 1 is 1.56 bits per heavy atom. The summed E-state index contributed by atoms with van der Waals surface area (Å²) in [4.78, 5) is 13.9. The highest BCUT2D eigenvalue weighted by Crippen LogP contribution is 2.14. The Morgan fingerprint density at radius 3 is 3.00 bits per heavy atom. The zero-order chi connectivity index (χ0) is 13.0. The Morgan fingerprint density at radius 2 is 2.33 bits per heavy atom. The molecular formula is C13H16N4O. The molecule has 1 aromatic carbocycles. The smallest absolute Gasteiger partial charge is 0.238 e. The van der Waals surface area contributed by atoms with Gasteiger partial charge in [-0.3, -0.25) is 9.69 Å². The molecule has 2 rings (SSSR count). The summed E-state index contributed by atoms with van der Waals surface area (Å²) in [6, 6.07) is 9.20. The largest absolute Gasteiger partial charge is 0.326 e. The standard InChI is InChI=1S/C13H16N4O/c14-7-10-3-1-2-4-12(10)16-13(18)9-17-6-5-11(15)8-17/h1-4,11H,5-6,8-9,15H2,(H,16,18). The Balaban J connectivity index is 1.93. The monoisotopic (exact) mass is 244 g/mol. The molecule has 3 N–H and O–H groups in total. The summed E-state index contributed by atoms with van der Waals surface area (Å²) in [6.45, 7) is 1.94. The second kappa shape index (κ2) is 5.63. The Bertz CT molecular complexity index is 480. The number of anilines is 1. The number of likely N-dealkylation sites (tertiary alicyclic amines) is 1. The number of carbonyl (C=O) groups excluding carboxylic acids is 1. The van der Waals surface area contributed by atoms with E-state index in [1.54, 1.807) is 24.3 Å². The average Bonchev–Trinajstić information content (AvgIpc) is 2.75. The molecule has 1 saturated heterocycles. The zero-order valence-electron chi connectivity index (χ0n) is 10.1. The van der Waals surface area contributed by atoms with Crippen LogP contribution >= 0.6 is 0 Å². The lowest BCUT2D eigenvalue weighted by atomic mass is 10.2. The van der Waals surface area contributed by atoms with Gasteiger partial charge in [0, 0.05) is 19.1 Å². The highest BCUT2D eigenvalue weighted by Gasteiger charge is 2.21. The minimum Gasteiger partial charge on any atom is -0.326 e. The number of hydrogen-bond acceptors (Lipinski definition) is 4. The predicted octanol–water partition coefficient (Wildman–Crippen LogP) is 0.530. The minimum atomic E-state index is -0.105. The molecule has 5 nitrogen and oxygen atoms in total. The van der Waals surface area contributed by atoms with Crippen LogP contribution in [0.15, 0.2) is 24.3 Å². The number of rotatable bonds is 3. The number of nitrogens with zero attached hydrogens (tertiary/aromatic N) is 2. The van der Waals surface area contributed by atoms with Crippen molar-refractivity contribution in [2.75, 3.05) is 25.0 Å². The molecule has 1 atom stereocenters. The van der Waals surface area contributed by atoms with E-state index in [1.165, 1.54) is 0 Å². The maximum atomic E-state index is 11.8. The lowest BCUT2D eigenvalue weighted by Crippen LogP contribution is -2.33. The first kappa shape index (κ1) is 12.6. The van der Waals surface area contributed by atoms with Gasteiger partial charge >= 0.3 is 0 Å². The SMILES string of the molecule is N#Cc1ccccc1NC(=O)CN1CCC(N)C1. The summed E-state index contributed by atoms with van der Waals surface area (Å²) >= 11 is 0. The fourth-order valence-electron chi connectivity index (χ4n) is 2.09. The molecule has 1 amide bonds. The topological polar surface area (TPSA) is 82.2 Å². The van der Waals surface area contributed by atoms with E-state index < -0.39 is 0 Å². The summed E-state index contributed by atoms with van der Waals surface area (Å²) in [5.41, 5.74) is 6.82. The molecule has 1 aliphatic heterocycles. The van der Waals surface area contributed by atoms with Gasteiger partial charge in [-0.25, -0.2) is 0 Å². The third kappa shape index (κ3) is 3.06. The Labute approximate surface area is 106 Å². The quantitative estimate of drug-likeness (QED) is 0.812. The van der Waals surface area contributed by atoms with Crippen LogP contribution in [0.5, 0.6) is 0 Å². The predicted molar refractivity (Wildman–Crippen MR) is 68.8 cm³/mol. The van der Waals surface area contributed by atoms with Crippen LogP contribution in [-0.4, -0.2) is 36.5 Å². The molecule has 0 saturated carbocycles. The number of nitrogens with two attached hydrogens (primary N) is 1. The van der Waals surface area contributed by atoms with E-state index in [1.807, 2.05) is 4.90 Å². The van der Waals surface area contributed by atoms with Gasteiger partial charge in [0.1, 0.15) is 6.07 Å². The van der Waals surface area contributed by atoms with Crippen molar-refractivity contribution in [1.29, 1.82) is 5.26 Å². The fraction of sp³-hybridized carbons (Fsp3) is 0.385. The molecule has 5 heteroatoms. The van der Waals surface area contributed by atoms with E-state index in [0.29, 0.717) is 17.8 Å². The number of amides is 1. The summed E-state index contributed by atoms with van der Waals surface area (Å²) in [7, 11) is 0. The third-order valence-electron chi connectivity index (χ3n) is 3.00. The summed E-state index contributed by atoms with van der Waals surface area (Å²) in [5, 5.41) is 11.7. The van der Waals surface area contributed by atoms with Crippen LogP contribution in [0.2, 0.25) is 0 Å². The first-order valence-corrected chi connectivity index (χ1v) is 5.96. The van der Waals surface area contributed by atoms with Crippen molar-refractivity contribution in [3.63, 3.8) is 0 Å². The normalized spacial score (nSPS) is 19.4. The zero-order valence-corrected chi connectivity index (χ0v) is 10.1. The molecule has 0 aromatic heterocycles. The molecular weight excluding hydrogens is 228 g/mol. The highest BCUT2D eigenvalue weighted by molar-refractivity contribution is 5.93. The Hall–Kier alpha value is -1.90. The van der Waals surface area contributed by atoms with Crippen LogP contribution in [0.25, 0.3) is 0 Å². The van der Waals surface area contributed by atoms with Crippen molar-refractivity contribution in [2.45, 2.75) is 12.5 Å². The van der Waals surface area contributed by atoms with Crippen molar-refractivity contribution in [1.82, 2.24) is 4.90 Å². The van der Waals surface area contributed by atoms with Crippen molar-refractivity contribution in [3.05, 3.63) is 29.8 Å². The molecule has 1 heterocycles. The molecule has 1 aliphatic rings. The summed E-state index contributed by atoms with van der Waals surface area (Å²) in [5.74, 6) is -0.105. The van der Waals surface area contributed by atoms with E-state index in [0.717, 1.165) is 19.5 Å². The van der Waals surface area contributed by atoms with Crippen molar-refractivity contribution in [3.8, 4) is 6.07 Å². The number of nitriles is 1. The second-order valence-corrected chi connectivity index (χ2v) is 4.49. The molecule has 1 aromatic rings. The van der Waals surface area contributed by atoms with E-state index >= 15 is 0 Å².